The average Bonchev–Trinajstić information content (AvgIpc) is 1.14. The molecule has 0 atom stereocenters. The van der Waals surface area contributed by atoms with Gasteiger partial charge in [-0.2, -0.15) is 82.2 Å². The molecule has 0 aliphatic heterocycles. The number of rotatable bonds is 19. The third-order valence-corrected chi connectivity index (χ3v) is 19.1. The van der Waals surface area contributed by atoms with Crippen molar-refractivity contribution in [2.75, 3.05) is 5.73 Å². The van der Waals surface area contributed by atoms with Gasteiger partial charge in [-0.3, -0.25) is 46.5 Å². The second-order valence-corrected chi connectivity index (χ2v) is 29.0. The number of hydrogen-bond acceptors (Lipinski definition) is 32. The first kappa shape index (κ1) is 68.9. The summed E-state index contributed by atoms with van der Waals surface area (Å²) < 4.78 is 281. The molecule has 0 aliphatic rings. The van der Waals surface area contributed by atoms with Gasteiger partial charge in [-0.05, 0) is 72.8 Å². The lowest BCUT2D eigenvalue weighted by molar-refractivity contribution is -0.385. The predicted octanol–water partition coefficient (Wildman–Crippen LogP) is 6.12. The highest BCUT2D eigenvalue weighted by molar-refractivity contribution is 7.88. The van der Waals surface area contributed by atoms with E-state index >= 15 is 0 Å². The minimum atomic E-state index is -5.84. The van der Waals surface area contributed by atoms with Gasteiger partial charge in [0.05, 0.1) is 32.3 Å². The molecule has 43 nitrogen and oxygen atoms in total. The molecule has 1 aromatic heterocycles. The second kappa shape index (κ2) is 23.6. The van der Waals surface area contributed by atoms with E-state index < -0.39 is 238 Å². The smallest absolute Gasteiger partial charge is 0.358 e. The number of azo groups is 4. The number of phenols is 2. The van der Waals surface area contributed by atoms with Crippen molar-refractivity contribution in [3.63, 3.8) is 0 Å². The topological polar surface area (TPSA) is 719 Å². The number of carboxylic acid groups (broad SMARTS) is 1. The van der Waals surface area contributed by atoms with Gasteiger partial charge in [-0.15, -0.1) is 35.8 Å². The molecule has 8 aromatic rings. The Labute approximate surface area is 515 Å². The van der Waals surface area contributed by atoms with Crippen molar-refractivity contribution in [1.29, 1.82) is 0 Å². The molecule has 0 unspecified atom stereocenters. The minimum absolute atomic E-state index is 0.0113. The largest absolute Gasteiger partial charge is 0.505 e. The SMILES string of the molecule is Nc1c(N=Nc2ccc3c(O)c(N=Nc4ccc(N=Nc5c(C(=O)O)nn(-c6cc(S(=O)(=O)O)ccc6S(=O)(=O)O)c5O)c(S(=O)(=O)O)c4)c(S(=O)(=O)O)cc3c2S(=O)(=O)O)cc(S(=O)(=O)O)c2cc(S(=O)(=O)O)c(N=Nc3ccc([N+](=O)[O-])cc3S(=O)(=O)O)c(O)c12. The van der Waals surface area contributed by atoms with Crippen LogP contribution in [-0.2, 0) is 80.9 Å². The third kappa shape index (κ3) is 14.0. The molecular formula is C42H28N12O31S8. The van der Waals surface area contributed by atoms with Gasteiger partial charge in [-0.25, -0.2) is 4.79 Å². The Kier molecular flexibility index (Phi) is 17.5. The Hall–Kier alpha value is -9.98. The fourth-order valence-corrected chi connectivity index (χ4v) is 13.4. The minimum Gasteiger partial charge on any atom is -0.505 e. The number of benzene rings is 7. The standard InChI is InChI=1S/C42H28N12O31S8/c43-33-24(14-27(88(68,69)70)20-13-31(92(80,81)82)35(39(56)32(20)33)50-45-22-6-2-16(54(60)61)10-29(22)90(74,75)76)48-47-23-7-4-18-19(40(23)93(83,84)85)12-30(91(77,78)79)34(38(18)55)49-44-15-1-5-21(28(9-15)89(71,72)73)46-51-36-37(42(58)59)52-53(41(36)57)25-11-17(86(62,63)64)3-8-26(25)87(65,66)67/h1-14,55-57H,43H2,(H,58,59)(H,62,63,64)(H,65,66,67)(H,68,69,70)(H,71,72,73)(H,74,75,76)(H,77,78,79)(H,80,81,82)(H,83,84,85). The molecule has 0 saturated heterocycles. The van der Waals surface area contributed by atoms with Gasteiger partial charge in [0.1, 0.15) is 68.4 Å². The van der Waals surface area contributed by atoms with Crippen molar-refractivity contribution >= 4 is 165 Å². The highest BCUT2D eigenvalue weighted by Crippen LogP contribution is 2.50. The number of aromatic carboxylic acids is 1. The van der Waals surface area contributed by atoms with Crippen LogP contribution in [-0.4, -0.2) is 145 Å². The van der Waals surface area contributed by atoms with Crippen LogP contribution in [0.1, 0.15) is 10.5 Å². The molecule has 0 radical (unpaired) electrons. The normalized spacial score (nSPS) is 13.4. The van der Waals surface area contributed by atoms with E-state index in [1.807, 2.05) is 0 Å². The Morgan fingerprint density at radius 1 is 0.452 bits per heavy atom. The summed E-state index contributed by atoms with van der Waals surface area (Å²) in [6, 6.07) is 6.30. The molecule has 0 fully saturated rings. The number of nitro groups is 1. The summed E-state index contributed by atoms with van der Waals surface area (Å²) in [5.41, 5.74) is -7.22. The predicted molar refractivity (Wildman–Crippen MR) is 303 cm³/mol. The maximum absolute atomic E-state index is 13.1. The Balaban J connectivity index is 1.24. The summed E-state index contributed by atoms with van der Waals surface area (Å²) in [6.45, 7) is 0. The average molecular weight is 1450 g/mol. The number of hydrogen-bond donors (Lipinski definition) is 13. The Bertz CT molecular complexity index is 5800. The molecule has 7 aromatic carbocycles. The van der Waals surface area contributed by atoms with Crippen molar-refractivity contribution in [3.05, 3.63) is 101 Å². The molecule has 8 rings (SSSR count). The monoisotopic (exact) mass is 1450 g/mol. The molecule has 14 N–H and O–H groups in total. The molecule has 0 spiro atoms. The number of nitrogens with zero attached hydrogens (tertiary/aromatic N) is 11. The van der Waals surface area contributed by atoms with Gasteiger partial charge in [0.25, 0.3) is 86.6 Å². The number of non-ortho nitro benzene ring substituents is 1. The number of nitrogen functional groups attached to an aromatic ring is 1. The van der Waals surface area contributed by atoms with E-state index in [4.69, 9.17) is 5.73 Å². The first-order chi connectivity index (χ1) is 42.5. The lowest BCUT2D eigenvalue weighted by Gasteiger charge is -2.15. The highest BCUT2D eigenvalue weighted by atomic mass is 32.2. The summed E-state index contributed by atoms with van der Waals surface area (Å²) in [6.07, 6.45) is 0. The van der Waals surface area contributed by atoms with E-state index in [1.165, 1.54) is 0 Å². The number of carbonyl (C=O) groups is 1. The van der Waals surface area contributed by atoms with Crippen LogP contribution in [0.3, 0.4) is 0 Å². The summed E-state index contributed by atoms with van der Waals surface area (Å²) in [7, 11) is -44.6. The molecule has 0 amide bonds. The number of nitrogens with two attached hydrogens (primary N) is 1. The Morgan fingerprint density at radius 2 is 0.925 bits per heavy atom. The molecule has 51 heteroatoms. The fraction of sp³-hybridized carbons (Fsp3) is 0. The molecule has 490 valence electrons. The number of anilines is 1. The quantitative estimate of drug-likeness (QED) is 0.0142. The van der Waals surface area contributed by atoms with Crippen LogP contribution in [0.25, 0.3) is 27.2 Å². The first-order valence-electron chi connectivity index (χ1n) is 23.1. The van der Waals surface area contributed by atoms with Crippen molar-refractivity contribution in [2.24, 2.45) is 40.9 Å². The molecular weight excluding hydrogens is 1430 g/mol. The zero-order valence-electron chi connectivity index (χ0n) is 44.0. The van der Waals surface area contributed by atoms with Crippen LogP contribution in [0, 0.1) is 10.1 Å². The van der Waals surface area contributed by atoms with E-state index in [1.54, 1.807) is 0 Å². The molecule has 0 aliphatic carbocycles. The van der Waals surface area contributed by atoms with Crippen molar-refractivity contribution in [1.82, 2.24) is 9.78 Å². The summed E-state index contributed by atoms with van der Waals surface area (Å²) in [5, 5.41) is 82.2. The van der Waals surface area contributed by atoms with Crippen molar-refractivity contribution < 1.29 is 134 Å². The molecule has 0 bridgehead atoms. The van der Waals surface area contributed by atoms with Gasteiger partial charge in [-0.1, -0.05) is 0 Å². The lowest BCUT2D eigenvalue weighted by Crippen LogP contribution is -2.10. The van der Waals surface area contributed by atoms with E-state index in [2.05, 4.69) is 46.0 Å². The number of aromatic nitrogens is 2. The molecule has 1 heterocycles. The van der Waals surface area contributed by atoms with Crippen molar-refractivity contribution in [3.8, 4) is 23.1 Å². The molecule has 0 saturated carbocycles. The summed E-state index contributed by atoms with van der Waals surface area (Å²) >= 11 is 0. The van der Waals surface area contributed by atoms with E-state index in [0.29, 0.717) is 60.7 Å². The van der Waals surface area contributed by atoms with Crippen LogP contribution in [0.2, 0.25) is 0 Å². The van der Waals surface area contributed by atoms with E-state index in [0.717, 1.165) is 6.07 Å². The second-order valence-electron chi connectivity index (χ2n) is 17.9. The molecule has 93 heavy (non-hydrogen) atoms. The number of nitro benzene ring substituents is 1. The zero-order chi connectivity index (χ0) is 69.6. The number of fused-ring (bicyclic) bond motifs is 2. The maximum atomic E-state index is 13.1. The van der Waals surface area contributed by atoms with Crippen molar-refractivity contribution in [2.45, 2.75) is 39.2 Å². The highest BCUT2D eigenvalue weighted by Gasteiger charge is 2.33. The first-order valence-corrected chi connectivity index (χ1v) is 34.6. The lowest BCUT2D eigenvalue weighted by atomic mass is 10.0. The zero-order valence-corrected chi connectivity index (χ0v) is 50.5. The number of carboxylic acids is 1. The van der Waals surface area contributed by atoms with Crippen LogP contribution in [0.4, 0.5) is 56.9 Å². The van der Waals surface area contributed by atoms with Crippen LogP contribution < -0.4 is 5.73 Å². The maximum Gasteiger partial charge on any atom is 0.358 e. The fourth-order valence-electron chi connectivity index (χ4n) is 8.15. The summed E-state index contributed by atoms with van der Waals surface area (Å²) in [5.74, 6) is -6.66. The van der Waals surface area contributed by atoms with Gasteiger partial charge in [0.15, 0.2) is 17.2 Å². The van der Waals surface area contributed by atoms with Gasteiger partial charge >= 0.3 is 5.97 Å². The number of aromatic hydroxyl groups is 3. The van der Waals surface area contributed by atoms with Gasteiger partial charge in [0, 0.05) is 28.3 Å². The Morgan fingerprint density at radius 3 is 1.44 bits per heavy atom. The summed E-state index contributed by atoms with van der Waals surface area (Å²) in [4.78, 5) is 11.2. The van der Waals surface area contributed by atoms with Crippen LogP contribution in [0.5, 0.6) is 17.4 Å². The van der Waals surface area contributed by atoms with E-state index in [-0.39, 0.29) is 22.9 Å². The van der Waals surface area contributed by atoms with Gasteiger partial charge < -0.3 is 26.2 Å². The van der Waals surface area contributed by atoms with Gasteiger partial charge in [0.2, 0.25) is 11.6 Å². The van der Waals surface area contributed by atoms with Crippen LogP contribution >= 0.6 is 0 Å². The van der Waals surface area contributed by atoms with Crippen LogP contribution in [0.15, 0.2) is 165 Å². The third-order valence-electron chi connectivity index (χ3n) is 12.0. The number of phenolic OH excluding ortho intramolecular Hbond substituents is 2. The van der Waals surface area contributed by atoms with E-state index in [9.17, 15) is 139 Å².